The van der Waals surface area contributed by atoms with Crippen LogP contribution in [0.1, 0.15) is 26.2 Å². The predicted octanol–water partition coefficient (Wildman–Crippen LogP) is 2.13. The Kier molecular flexibility index (Phi) is 2.78. The number of rotatable bonds is 4. The van der Waals surface area contributed by atoms with Crippen molar-refractivity contribution in [1.29, 1.82) is 0 Å². The van der Waals surface area contributed by atoms with E-state index in [0.717, 1.165) is 13.0 Å². The molecule has 9 heavy (non-hydrogen) atoms. The molecule has 0 aromatic rings. The van der Waals surface area contributed by atoms with Crippen LogP contribution in [-0.2, 0) is 4.74 Å². The van der Waals surface area contributed by atoms with Crippen LogP contribution < -0.4 is 0 Å². The van der Waals surface area contributed by atoms with Gasteiger partial charge in [-0.15, -0.1) is 0 Å². The van der Waals surface area contributed by atoms with Crippen molar-refractivity contribution in [3.8, 4) is 0 Å². The summed E-state index contributed by atoms with van der Waals surface area (Å²) in [7, 11) is 0. The minimum atomic E-state index is 0.603. The molecule has 1 heteroatoms. The summed E-state index contributed by atoms with van der Waals surface area (Å²) >= 11 is 0. The smallest absolute Gasteiger partial charge is 0.0812 e. The molecule has 0 spiro atoms. The quantitative estimate of drug-likeness (QED) is 0.415. The molecule has 1 rings (SSSR count). The highest BCUT2D eigenvalue weighted by Gasteiger charge is 2.20. The molecule has 0 N–H and O–H groups in total. The minimum Gasteiger partial charge on any atom is -0.373 e. The van der Waals surface area contributed by atoms with Gasteiger partial charge in [-0.2, -0.15) is 0 Å². The van der Waals surface area contributed by atoms with E-state index in [1.165, 1.54) is 12.8 Å². The fourth-order valence-corrected chi connectivity index (χ4v) is 0.801. The summed E-state index contributed by atoms with van der Waals surface area (Å²) in [5, 5.41) is 0. The third-order valence-electron chi connectivity index (χ3n) is 1.46. The van der Waals surface area contributed by atoms with Crippen molar-refractivity contribution in [3.63, 3.8) is 0 Å². The topological polar surface area (TPSA) is 12.5 Å². The zero-order valence-electron chi connectivity index (χ0n) is 5.97. The number of epoxide rings is 1. The Labute approximate surface area is 56.7 Å². The van der Waals surface area contributed by atoms with Crippen LogP contribution in [0.2, 0.25) is 0 Å². The summed E-state index contributed by atoms with van der Waals surface area (Å²) in [5.41, 5.74) is 0. The maximum Gasteiger partial charge on any atom is 0.0812 e. The molecule has 1 fully saturated rings. The van der Waals surface area contributed by atoms with Crippen molar-refractivity contribution in [2.75, 3.05) is 6.61 Å². The average Bonchev–Trinajstić information content (AvgIpc) is 2.63. The van der Waals surface area contributed by atoms with Gasteiger partial charge in [0.15, 0.2) is 0 Å². The Hall–Kier alpha value is -0.300. The van der Waals surface area contributed by atoms with E-state index in [9.17, 15) is 0 Å². The van der Waals surface area contributed by atoms with Crippen molar-refractivity contribution < 1.29 is 4.74 Å². The first-order valence-electron chi connectivity index (χ1n) is 3.70. The fourth-order valence-electron chi connectivity index (χ4n) is 0.801. The van der Waals surface area contributed by atoms with E-state index >= 15 is 0 Å². The van der Waals surface area contributed by atoms with Crippen LogP contribution in [-0.4, -0.2) is 12.7 Å². The maximum absolute atomic E-state index is 5.05. The zero-order valence-corrected chi connectivity index (χ0v) is 5.97. The van der Waals surface area contributed by atoms with Gasteiger partial charge in [0.25, 0.3) is 0 Å². The number of hydrogen-bond acceptors (Lipinski definition) is 1. The lowest BCUT2D eigenvalue weighted by atomic mass is 10.2. The van der Waals surface area contributed by atoms with Gasteiger partial charge < -0.3 is 4.74 Å². The Morgan fingerprint density at radius 3 is 2.89 bits per heavy atom. The van der Waals surface area contributed by atoms with E-state index in [-0.39, 0.29) is 0 Å². The second kappa shape index (κ2) is 3.67. The van der Waals surface area contributed by atoms with E-state index in [0.29, 0.717) is 6.10 Å². The Bertz CT molecular complexity index is 92.7. The SMILES string of the molecule is CC/C=C\CC[C@@H]1CO1. The van der Waals surface area contributed by atoms with Gasteiger partial charge in [0.1, 0.15) is 0 Å². The third kappa shape index (κ3) is 3.31. The van der Waals surface area contributed by atoms with E-state index in [4.69, 9.17) is 4.74 Å². The second-order valence-corrected chi connectivity index (χ2v) is 2.41. The van der Waals surface area contributed by atoms with Crippen LogP contribution in [0.15, 0.2) is 12.2 Å². The van der Waals surface area contributed by atoms with Crippen molar-refractivity contribution in [2.45, 2.75) is 32.3 Å². The van der Waals surface area contributed by atoms with Gasteiger partial charge in [-0.25, -0.2) is 0 Å². The molecule has 0 aliphatic carbocycles. The standard InChI is InChI=1S/C8H14O/c1-2-3-4-5-6-8-7-9-8/h3-4,8H,2,5-7H2,1H3/b4-3-/t8-/m1/s1. The minimum absolute atomic E-state index is 0.603. The summed E-state index contributed by atoms with van der Waals surface area (Å²) in [6.07, 6.45) is 8.62. The first-order chi connectivity index (χ1) is 4.43. The highest BCUT2D eigenvalue weighted by atomic mass is 16.6. The molecule has 0 amide bonds. The first kappa shape index (κ1) is 6.81. The molecule has 0 aromatic carbocycles. The third-order valence-corrected chi connectivity index (χ3v) is 1.46. The lowest BCUT2D eigenvalue weighted by molar-refractivity contribution is 0.398. The molecular weight excluding hydrogens is 112 g/mol. The van der Waals surface area contributed by atoms with Crippen molar-refractivity contribution in [1.82, 2.24) is 0 Å². The zero-order chi connectivity index (χ0) is 6.53. The van der Waals surface area contributed by atoms with Crippen LogP contribution in [0.5, 0.6) is 0 Å². The largest absolute Gasteiger partial charge is 0.373 e. The molecule has 1 saturated heterocycles. The van der Waals surface area contributed by atoms with Crippen LogP contribution in [0.25, 0.3) is 0 Å². The highest BCUT2D eigenvalue weighted by Crippen LogP contribution is 2.15. The molecule has 1 nitrogen and oxygen atoms in total. The van der Waals surface area contributed by atoms with Crippen LogP contribution in [0.3, 0.4) is 0 Å². The van der Waals surface area contributed by atoms with E-state index in [1.54, 1.807) is 0 Å². The van der Waals surface area contributed by atoms with Gasteiger partial charge in [0, 0.05) is 0 Å². The predicted molar refractivity (Wildman–Crippen MR) is 38.4 cm³/mol. The van der Waals surface area contributed by atoms with E-state index in [2.05, 4.69) is 19.1 Å². The van der Waals surface area contributed by atoms with Crippen LogP contribution in [0.4, 0.5) is 0 Å². The van der Waals surface area contributed by atoms with Gasteiger partial charge in [-0.3, -0.25) is 0 Å². The monoisotopic (exact) mass is 126 g/mol. The Morgan fingerprint density at radius 1 is 1.56 bits per heavy atom. The molecule has 0 radical (unpaired) electrons. The molecule has 0 aromatic heterocycles. The summed E-state index contributed by atoms with van der Waals surface area (Å²) < 4.78 is 5.05. The van der Waals surface area contributed by atoms with Crippen LogP contribution in [0, 0.1) is 0 Å². The molecular formula is C8H14O. The van der Waals surface area contributed by atoms with Crippen molar-refractivity contribution in [2.24, 2.45) is 0 Å². The maximum atomic E-state index is 5.05. The summed E-state index contributed by atoms with van der Waals surface area (Å²) in [4.78, 5) is 0. The van der Waals surface area contributed by atoms with Gasteiger partial charge in [-0.05, 0) is 19.3 Å². The van der Waals surface area contributed by atoms with Gasteiger partial charge >= 0.3 is 0 Å². The second-order valence-electron chi connectivity index (χ2n) is 2.41. The lowest BCUT2D eigenvalue weighted by Crippen LogP contribution is -1.80. The van der Waals surface area contributed by atoms with Gasteiger partial charge in [0.05, 0.1) is 12.7 Å². The first-order valence-corrected chi connectivity index (χ1v) is 3.70. The average molecular weight is 126 g/mol. The molecule has 1 heterocycles. The van der Waals surface area contributed by atoms with E-state index < -0.39 is 0 Å². The highest BCUT2D eigenvalue weighted by molar-refractivity contribution is 4.82. The van der Waals surface area contributed by atoms with E-state index in [1.807, 2.05) is 0 Å². The molecule has 0 bridgehead atoms. The summed E-state index contributed by atoms with van der Waals surface area (Å²) in [6, 6.07) is 0. The summed E-state index contributed by atoms with van der Waals surface area (Å²) in [6.45, 7) is 3.16. The van der Waals surface area contributed by atoms with Crippen molar-refractivity contribution in [3.05, 3.63) is 12.2 Å². The summed E-state index contributed by atoms with van der Waals surface area (Å²) in [5.74, 6) is 0. The molecule has 1 atom stereocenters. The number of allylic oxidation sites excluding steroid dienone is 2. The fraction of sp³-hybridized carbons (Fsp3) is 0.750. The van der Waals surface area contributed by atoms with Crippen molar-refractivity contribution >= 4 is 0 Å². The number of hydrogen-bond donors (Lipinski definition) is 0. The van der Waals surface area contributed by atoms with Crippen LogP contribution >= 0.6 is 0 Å². The molecule has 0 unspecified atom stereocenters. The normalized spacial score (nSPS) is 25.2. The molecule has 52 valence electrons. The Morgan fingerprint density at radius 2 is 2.33 bits per heavy atom. The van der Waals surface area contributed by atoms with Gasteiger partial charge in [-0.1, -0.05) is 19.1 Å². The lowest BCUT2D eigenvalue weighted by Gasteiger charge is -1.85. The molecule has 0 saturated carbocycles. The number of ether oxygens (including phenoxy) is 1. The molecule has 1 aliphatic rings. The van der Waals surface area contributed by atoms with Gasteiger partial charge in [0.2, 0.25) is 0 Å². The Balaban J connectivity index is 1.85. The molecule has 1 aliphatic heterocycles.